The minimum absolute atomic E-state index is 0.0583. The smallest absolute Gasteiger partial charge is 0.220 e. The summed E-state index contributed by atoms with van der Waals surface area (Å²) in [6, 6.07) is 4.60. The van der Waals surface area contributed by atoms with E-state index in [2.05, 4.69) is 10.6 Å². The molecule has 0 aliphatic carbocycles. The Bertz CT molecular complexity index is 423. The molecule has 1 saturated heterocycles. The number of benzene rings is 1. The van der Waals surface area contributed by atoms with Gasteiger partial charge in [-0.25, -0.2) is 4.39 Å². The zero-order valence-corrected chi connectivity index (χ0v) is 9.63. The molecule has 1 unspecified atom stereocenters. The maximum Gasteiger partial charge on any atom is 0.220 e. The van der Waals surface area contributed by atoms with E-state index in [0.29, 0.717) is 24.4 Å². The summed E-state index contributed by atoms with van der Waals surface area (Å²) in [6.07, 6.45) is 1.34. The van der Waals surface area contributed by atoms with Crippen molar-refractivity contribution in [3.63, 3.8) is 0 Å². The predicted molar refractivity (Wildman–Crippen MR) is 62.6 cm³/mol. The molecule has 0 saturated carbocycles. The number of halogens is 1. The van der Waals surface area contributed by atoms with Crippen LogP contribution in [0.15, 0.2) is 18.2 Å². The van der Waals surface area contributed by atoms with Crippen molar-refractivity contribution in [2.45, 2.75) is 18.9 Å². The molecule has 2 N–H and O–H groups in total. The Hall–Kier alpha value is -1.78. The maximum absolute atomic E-state index is 13.5. The molecule has 1 heterocycles. The highest BCUT2D eigenvalue weighted by Gasteiger charge is 2.20. The Kier molecular flexibility index (Phi) is 3.46. The monoisotopic (exact) mass is 238 g/mol. The summed E-state index contributed by atoms with van der Waals surface area (Å²) in [5, 5.41) is 5.80. The molecule has 1 atom stereocenters. The van der Waals surface area contributed by atoms with E-state index in [1.54, 1.807) is 12.1 Å². The molecule has 1 aliphatic rings. The van der Waals surface area contributed by atoms with Crippen molar-refractivity contribution in [2.24, 2.45) is 0 Å². The number of amides is 1. The summed E-state index contributed by atoms with van der Waals surface area (Å²) in [5.74, 6) is 0.336. The Morgan fingerprint density at radius 1 is 1.59 bits per heavy atom. The van der Waals surface area contributed by atoms with Gasteiger partial charge in [0.05, 0.1) is 12.8 Å². The van der Waals surface area contributed by atoms with E-state index >= 15 is 0 Å². The maximum atomic E-state index is 13.5. The molecule has 0 spiro atoms. The van der Waals surface area contributed by atoms with Gasteiger partial charge in [0.1, 0.15) is 11.6 Å². The first-order valence-electron chi connectivity index (χ1n) is 5.56. The van der Waals surface area contributed by atoms with Crippen molar-refractivity contribution in [2.75, 3.05) is 19.0 Å². The number of nitrogens with one attached hydrogen (secondary N) is 2. The Morgan fingerprint density at radius 3 is 3.06 bits per heavy atom. The van der Waals surface area contributed by atoms with Gasteiger partial charge >= 0.3 is 0 Å². The molecule has 2 rings (SSSR count). The van der Waals surface area contributed by atoms with Crippen LogP contribution in [-0.4, -0.2) is 25.6 Å². The molecule has 0 radical (unpaired) electrons. The molecular weight excluding hydrogens is 223 g/mol. The lowest BCUT2D eigenvalue weighted by atomic mass is 10.2. The van der Waals surface area contributed by atoms with Gasteiger partial charge in [0.25, 0.3) is 0 Å². The predicted octanol–water partition coefficient (Wildman–Crippen LogP) is 1.52. The highest BCUT2D eigenvalue weighted by atomic mass is 19.1. The zero-order valence-electron chi connectivity index (χ0n) is 9.63. The molecule has 1 aliphatic heterocycles. The van der Waals surface area contributed by atoms with Crippen LogP contribution in [0, 0.1) is 5.82 Å². The van der Waals surface area contributed by atoms with Crippen LogP contribution in [0.25, 0.3) is 0 Å². The summed E-state index contributed by atoms with van der Waals surface area (Å²) in [5.41, 5.74) is 0.394. The normalized spacial score (nSPS) is 18.9. The number of ether oxygens (including phenoxy) is 1. The second kappa shape index (κ2) is 5.03. The van der Waals surface area contributed by atoms with Gasteiger partial charge in [-0.3, -0.25) is 4.79 Å². The van der Waals surface area contributed by atoms with E-state index in [9.17, 15) is 9.18 Å². The third-order valence-corrected chi connectivity index (χ3v) is 2.80. The minimum atomic E-state index is -0.324. The molecule has 1 aromatic carbocycles. The van der Waals surface area contributed by atoms with E-state index in [1.807, 2.05) is 0 Å². The van der Waals surface area contributed by atoms with Crippen LogP contribution in [-0.2, 0) is 4.79 Å². The Morgan fingerprint density at radius 2 is 2.41 bits per heavy atom. The lowest BCUT2D eigenvalue weighted by Gasteiger charge is -2.13. The van der Waals surface area contributed by atoms with Crippen LogP contribution in [0.5, 0.6) is 5.75 Å². The molecule has 5 heteroatoms. The number of hydrogen-bond acceptors (Lipinski definition) is 3. The lowest BCUT2D eigenvalue weighted by Crippen LogP contribution is -2.31. The Balaban J connectivity index is 1.96. The van der Waals surface area contributed by atoms with Crippen LogP contribution in [0.3, 0.4) is 0 Å². The highest BCUT2D eigenvalue weighted by molar-refractivity contribution is 5.78. The topological polar surface area (TPSA) is 50.4 Å². The van der Waals surface area contributed by atoms with Gasteiger partial charge in [-0.1, -0.05) is 0 Å². The summed E-state index contributed by atoms with van der Waals surface area (Å²) < 4.78 is 18.5. The molecule has 1 aromatic rings. The molecule has 92 valence electrons. The van der Waals surface area contributed by atoms with Gasteiger partial charge in [0.2, 0.25) is 5.91 Å². The van der Waals surface area contributed by atoms with E-state index in [1.165, 1.54) is 13.2 Å². The largest absolute Gasteiger partial charge is 0.497 e. The molecule has 4 nitrogen and oxygen atoms in total. The number of methoxy groups -OCH3 is 1. The highest BCUT2D eigenvalue weighted by Crippen LogP contribution is 2.21. The summed E-state index contributed by atoms with van der Waals surface area (Å²) >= 11 is 0. The zero-order chi connectivity index (χ0) is 12.3. The van der Waals surface area contributed by atoms with Crippen LogP contribution in [0.1, 0.15) is 12.8 Å². The third kappa shape index (κ3) is 2.87. The molecule has 0 bridgehead atoms. The van der Waals surface area contributed by atoms with Crippen molar-refractivity contribution in [3.05, 3.63) is 24.0 Å². The third-order valence-electron chi connectivity index (χ3n) is 2.80. The fraction of sp³-hybridized carbons (Fsp3) is 0.417. The van der Waals surface area contributed by atoms with Gasteiger partial charge in [0.15, 0.2) is 0 Å². The second-order valence-electron chi connectivity index (χ2n) is 4.03. The molecular formula is C12H15FN2O2. The van der Waals surface area contributed by atoms with E-state index in [0.717, 1.165) is 6.42 Å². The van der Waals surface area contributed by atoms with Crippen molar-refractivity contribution < 1.29 is 13.9 Å². The molecule has 0 aromatic heterocycles. The van der Waals surface area contributed by atoms with E-state index in [4.69, 9.17) is 4.74 Å². The number of carbonyl (C=O) groups is 1. The minimum Gasteiger partial charge on any atom is -0.497 e. The van der Waals surface area contributed by atoms with Crippen molar-refractivity contribution in [1.82, 2.24) is 5.32 Å². The first-order valence-corrected chi connectivity index (χ1v) is 5.56. The lowest BCUT2D eigenvalue weighted by molar-refractivity contribution is -0.119. The first kappa shape index (κ1) is 11.7. The van der Waals surface area contributed by atoms with Gasteiger partial charge in [-0.05, 0) is 18.6 Å². The van der Waals surface area contributed by atoms with Gasteiger partial charge in [-0.2, -0.15) is 0 Å². The van der Waals surface area contributed by atoms with Crippen LogP contribution in [0.4, 0.5) is 10.1 Å². The summed E-state index contributed by atoms with van der Waals surface area (Å²) in [4.78, 5) is 11.0. The average molecular weight is 238 g/mol. The summed E-state index contributed by atoms with van der Waals surface area (Å²) in [6.45, 7) is 0.524. The second-order valence-corrected chi connectivity index (χ2v) is 4.03. The molecule has 17 heavy (non-hydrogen) atoms. The van der Waals surface area contributed by atoms with E-state index < -0.39 is 0 Å². The number of rotatable bonds is 4. The van der Waals surface area contributed by atoms with Crippen molar-refractivity contribution in [3.8, 4) is 5.75 Å². The fourth-order valence-corrected chi connectivity index (χ4v) is 1.83. The van der Waals surface area contributed by atoms with Crippen LogP contribution in [0.2, 0.25) is 0 Å². The van der Waals surface area contributed by atoms with Crippen LogP contribution >= 0.6 is 0 Å². The van der Waals surface area contributed by atoms with Crippen molar-refractivity contribution >= 4 is 11.6 Å². The average Bonchev–Trinajstić information content (AvgIpc) is 2.74. The quantitative estimate of drug-likeness (QED) is 0.836. The fourth-order valence-electron chi connectivity index (χ4n) is 1.83. The SMILES string of the molecule is COc1ccc(F)c(NCC2CCC(=O)N2)c1. The Labute approximate surface area is 99.2 Å². The van der Waals surface area contributed by atoms with Gasteiger partial charge in [-0.15, -0.1) is 0 Å². The number of hydrogen-bond donors (Lipinski definition) is 2. The van der Waals surface area contributed by atoms with Gasteiger partial charge in [0, 0.05) is 25.1 Å². The first-order chi connectivity index (χ1) is 8.19. The van der Waals surface area contributed by atoms with Crippen LogP contribution < -0.4 is 15.4 Å². The van der Waals surface area contributed by atoms with E-state index in [-0.39, 0.29) is 17.8 Å². The standard InChI is InChI=1S/C12H15FN2O2/c1-17-9-3-4-10(13)11(6-9)14-7-8-2-5-12(16)15-8/h3-4,6,8,14H,2,5,7H2,1H3,(H,15,16). The molecule has 1 amide bonds. The summed E-state index contributed by atoms with van der Waals surface area (Å²) in [7, 11) is 1.54. The van der Waals surface area contributed by atoms with Crippen molar-refractivity contribution in [1.29, 1.82) is 0 Å². The number of anilines is 1. The molecule has 1 fully saturated rings. The van der Waals surface area contributed by atoms with Gasteiger partial charge < -0.3 is 15.4 Å². The number of carbonyl (C=O) groups excluding carboxylic acids is 1.